The smallest absolute Gasteiger partial charge is 0.264 e. The Morgan fingerprint density at radius 2 is 1.62 bits per heavy atom. The molecule has 1 aliphatic rings. The molecule has 0 bridgehead atoms. The number of nitrogens with zero attached hydrogens (tertiary/aromatic N) is 1. The number of benzene rings is 3. The average Bonchev–Trinajstić information content (AvgIpc) is 3.16. The molecule has 0 saturated heterocycles. The van der Waals surface area contributed by atoms with Crippen molar-refractivity contribution >= 4 is 5.91 Å². The SMILES string of the molecule is O=C(c1c(O)cc(C(F)F)cc1OCc1ccccc1)N1Cc2ccccc2C1. The van der Waals surface area contributed by atoms with Crippen molar-refractivity contribution in [3.8, 4) is 11.5 Å². The van der Waals surface area contributed by atoms with E-state index in [9.17, 15) is 18.7 Å². The summed E-state index contributed by atoms with van der Waals surface area (Å²) >= 11 is 0. The van der Waals surface area contributed by atoms with Gasteiger partial charge in [-0.1, -0.05) is 54.6 Å². The second-order valence-corrected chi connectivity index (χ2v) is 6.92. The van der Waals surface area contributed by atoms with E-state index in [-0.39, 0.29) is 17.9 Å². The molecule has 0 atom stereocenters. The first kappa shape index (κ1) is 18.9. The molecular weight excluding hydrogens is 376 g/mol. The molecule has 3 aromatic rings. The number of halogens is 2. The molecule has 0 saturated carbocycles. The number of fused-ring (bicyclic) bond motifs is 1. The van der Waals surface area contributed by atoms with Gasteiger partial charge in [0.2, 0.25) is 0 Å². The lowest BCUT2D eigenvalue weighted by Gasteiger charge is -2.20. The van der Waals surface area contributed by atoms with Gasteiger partial charge in [-0.15, -0.1) is 0 Å². The third kappa shape index (κ3) is 3.92. The first-order chi connectivity index (χ1) is 14.0. The van der Waals surface area contributed by atoms with Gasteiger partial charge < -0.3 is 14.7 Å². The maximum Gasteiger partial charge on any atom is 0.264 e. The van der Waals surface area contributed by atoms with Crippen LogP contribution in [0.4, 0.5) is 8.78 Å². The lowest BCUT2D eigenvalue weighted by atomic mass is 10.1. The van der Waals surface area contributed by atoms with E-state index >= 15 is 0 Å². The van der Waals surface area contributed by atoms with Crippen LogP contribution in [0.1, 0.15) is 39.0 Å². The first-order valence-electron chi connectivity index (χ1n) is 9.21. The number of rotatable bonds is 5. The van der Waals surface area contributed by atoms with Gasteiger partial charge in [0.05, 0.1) is 0 Å². The lowest BCUT2D eigenvalue weighted by molar-refractivity contribution is 0.0742. The highest BCUT2D eigenvalue weighted by Gasteiger charge is 2.29. The van der Waals surface area contributed by atoms with Gasteiger partial charge in [-0.3, -0.25) is 4.79 Å². The summed E-state index contributed by atoms with van der Waals surface area (Å²) in [5.74, 6) is -1.01. The number of aromatic hydroxyl groups is 1. The second-order valence-electron chi connectivity index (χ2n) is 6.92. The zero-order chi connectivity index (χ0) is 20.4. The molecule has 0 fully saturated rings. The Labute approximate surface area is 167 Å². The fraction of sp³-hybridized carbons (Fsp3) is 0.174. The minimum absolute atomic E-state index is 0.0508. The normalized spacial score (nSPS) is 12.9. The van der Waals surface area contributed by atoms with E-state index in [0.29, 0.717) is 13.1 Å². The van der Waals surface area contributed by atoms with Crippen LogP contribution in [0.15, 0.2) is 66.7 Å². The molecule has 0 radical (unpaired) electrons. The van der Waals surface area contributed by atoms with Crippen LogP contribution in [-0.2, 0) is 19.7 Å². The molecule has 1 amide bonds. The van der Waals surface area contributed by atoms with Crippen molar-refractivity contribution in [3.05, 3.63) is 94.5 Å². The Kier molecular flexibility index (Phi) is 5.16. The molecule has 1 N–H and O–H groups in total. The van der Waals surface area contributed by atoms with Crippen LogP contribution in [-0.4, -0.2) is 15.9 Å². The molecular formula is C23H19F2NO3. The fourth-order valence-electron chi connectivity index (χ4n) is 3.45. The number of ether oxygens (including phenoxy) is 1. The van der Waals surface area contributed by atoms with Crippen molar-refractivity contribution in [2.75, 3.05) is 0 Å². The van der Waals surface area contributed by atoms with Gasteiger partial charge in [-0.2, -0.15) is 0 Å². The van der Waals surface area contributed by atoms with Crippen LogP contribution < -0.4 is 4.74 Å². The van der Waals surface area contributed by atoms with E-state index < -0.39 is 23.6 Å². The average molecular weight is 395 g/mol. The van der Waals surface area contributed by atoms with Gasteiger partial charge in [0.1, 0.15) is 23.7 Å². The molecule has 29 heavy (non-hydrogen) atoms. The topological polar surface area (TPSA) is 49.8 Å². The van der Waals surface area contributed by atoms with Gasteiger partial charge >= 0.3 is 0 Å². The van der Waals surface area contributed by atoms with Gasteiger partial charge in [-0.25, -0.2) is 8.78 Å². The summed E-state index contributed by atoms with van der Waals surface area (Å²) in [6, 6.07) is 18.9. The summed E-state index contributed by atoms with van der Waals surface area (Å²) in [6.45, 7) is 0.875. The predicted molar refractivity (Wildman–Crippen MR) is 104 cm³/mol. The molecule has 1 aliphatic heterocycles. The van der Waals surface area contributed by atoms with Crippen LogP contribution in [0.2, 0.25) is 0 Å². The van der Waals surface area contributed by atoms with Crippen LogP contribution >= 0.6 is 0 Å². The predicted octanol–water partition coefficient (Wildman–Crippen LogP) is 5.06. The molecule has 0 spiro atoms. The standard InChI is InChI=1S/C23H19F2NO3/c24-22(25)18-10-19(27)21(20(11-18)29-14-15-6-2-1-3-7-15)23(28)26-12-16-8-4-5-9-17(16)13-26/h1-11,22,27H,12-14H2. The van der Waals surface area contributed by atoms with Crippen molar-refractivity contribution in [2.24, 2.45) is 0 Å². The second kappa shape index (κ2) is 7.91. The summed E-state index contributed by atoms with van der Waals surface area (Å²) in [7, 11) is 0. The molecule has 3 aromatic carbocycles. The third-order valence-corrected chi connectivity index (χ3v) is 4.93. The van der Waals surface area contributed by atoms with Crippen LogP contribution in [0, 0.1) is 0 Å². The molecule has 4 rings (SSSR count). The highest BCUT2D eigenvalue weighted by atomic mass is 19.3. The van der Waals surface area contributed by atoms with Crippen LogP contribution in [0.25, 0.3) is 0 Å². The number of alkyl halides is 2. The van der Waals surface area contributed by atoms with Crippen molar-refractivity contribution in [1.29, 1.82) is 0 Å². The summed E-state index contributed by atoms with van der Waals surface area (Å²) in [5.41, 5.74) is 2.37. The van der Waals surface area contributed by atoms with Crippen LogP contribution in [0.5, 0.6) is 11.5 Å². The zero-order valence-corrected chi connectivity index (χ0v) is 15.5. The maximum absolute atomic E-state index is 13.2. The maximum atomic E-state index is 13.2. The summed E-state index contributed by atoms with van der Waals surface area (Å²) < 4.78 is 32.2. The molecule has 0 aromatic heterocycles. The first-order valence-corrected chi connectivity index (χ1v) is 9.21. The highest BCUT2D eigenvalue weighted by molar-refractivity contribution is 6.00. The number of hydrogen-bond donors (Lipinski definition) is 1. The van der Waals surface area contributed by atoms with Crippen molar-refractivity contribution in [2.45, 2.75) is 26.1 Å². The van der Waals surface area contributed by atoms with Crippen LogP contribution in [0.3, 0.4) is 0 Å². The third-order valence-electron chi connectivity index (χ3n) is 4.93. The number of carbonyl (C=O) groups is 1. The van der Waals surface area contributed by atoms with Gasteiger partial charge in [0, 0.05) is 18.7 Å². The molecule has 4 nitrogen and oxygen atoms in total. The number of hydrogen-bond acceptors (Lipinski definition) is 3. The van der Waals surface area contributed by atoms with Gasteiger partial charge in [0.25, 0.3) is 12.3 Å². The van der Waals surface area contributed by atoms with Gasteiger partial charge in [-0.05, 0) is 28.8 Å². The highest BCUT2D eigenvalue weighted by Crippen LogP contribution is 2.36. The molecule has 0 unspecified atom stereocenters. The van der Waals surface area contributed by atoms with Crippen molar-refractivity contribution in [3.63, 3.8) is 0 Å². The Bertz CT molecular complexity index is 1010. The summed E-state index contributed by atoms with van der Waals surface area (Å²) in [6.07, 6.45) is -2.79. The number of carbonyl (C=O) groups excluding carboxylic acids is 1. The minimum Gasteiger partial charge on any atom is -0.507 e. The molecule has 0 aliphatic carbocycles. The van der Waals surface area contributed by atoms with E-state index in [4.69, 9.17) is 4.74 Å². The van der Waals surface area contributed by atoms with E-state index in [0.717, 1.165) is 28.8 Å². The van der Waals surface area contributed by atoms with E-state index in [1.165, 1.54) is 0 Å². The van der Waals surface area contributed by atoms with E-state index in [1.807, 2.05) is 54.6 Å². The summed E-state index contributed by atoms with van der Waals surface area (Å²) in [5, 5.41) is 10.4. The number of phenols is 1. The Balaban J connectivity index is 1.65. The van der Waals surface area contributed by atoms with E-state index in [1.54, 1.807) is 4.90 Å². The Morgan fingerprint density at radius 3 is 2.24 bits per heavy atom. The quantitative estimate of drug-likeness (QED) is 0.657. The zero-order valence-electron chi connectivity index (χ0n) is 15.5. The fourth-order valence-corrected chi connectivity index (χ4v) is 3.45. The monoisotopic (exact) mass is 395 g/mol. The Hall–Kier alpha value is -3.41. The Morgan fingerprint density at radius 1 is 1.00 bits per heavy atom. The van der Waals surface area contributed by atoms with E-state index in [2.05, 4.69) is 0 Å². The summed E-state index contributed by atoms with van der Waals surface area (Å²) in [4.78, 5) is 14.7. The minimum atomic E-state index is -2.79. The van der Waals surface area contributed by atoms with Crippen molar-refractivity contribution in [1.82, 2.24) is 4.90 Å². The molecule has 1 heterocycles. The van der Waals surface area contributed by atoms with Gasteiger partial charge in [0.15, 0.2) is 0 Å². The number of amides is 1. The molecule has 6 heteroatoms. The number of phenolic OH excluding ortho intramolecular Hbond substituents is 1. The molecule has 148 valence electrons. The largest absolute Gasteiger partial charge is 0.507 e. The van der Waals surface area contributed by atoms with Crippen molar-refractivity contribution < 1.29 is 23.4 Å². The lowest BCUT2D eigenvalue weighted by Crippen LogP contribution is -2.26.